The van der Waals surface area contributed by atoms with Crippen molar-refractivity contribution in [2.24, 2.45) is 0 Å². The zero-order chi connectivity index (χ0) is 18.6. The standard InChI is InChI=1S/C17H16FNO5S/c1-11-9-13(18)7-8-16(11)25(22,23)19-15-6-4-3-5-14(15)17(21)24-10-12(2)20/h3-9,19H,10H2,1-2H3. The molecule has 0 aromatic heterocycles. The van der Waals surface area contributed by atoms with Gasteiger partial charge in [0, 0.05) is 0 Å². The molecular formula is C17H16FNO5S. The Labute approximate surface area is 144 Å². The largest absolute Gasteiger partial charge is 0.454 e. The van der Waals surface area contributed by atoms with Gasteiger partial charge in [0.25, 0.3) is 10.0 Å². The Morgan fingerprint density at radius 3 is 2.48 bits per heavy atom. The van der Waals surface area contributed by atoms with Crippen LogP contribution < -0.4 is 4.72 Å². The Bertz CT molecular complexity index is 924. The minimum Gasteiger partial charge on any atom is -0.454 e. The molecule has 25 heavy (non-hydrogen) atoms. The van der Waals surface area contributed by atoms with Gasteiger partial charge in [0.1, 0.15) is 12.4 Å². The number of ether oxygens (including phenoxy) is 1. The normalized spacial score (nSPS) is 11.0. The minimum atomic E-state index is -4.04. The molecule has 0 heterocycles. The average molecular weight is 365 g/mol. The smallest absolute Gasteiger partial charge is 0.340 e. The summed E-state index contributed by atoms with van der Waals surface area (Å²) in [5.74, 6) is -1.72. The van der Waals surface area contributed by atoms with Gasteiger partial charge in [0.05, 0.1) is 16.1 Å². The van der Waals surface area contributed by atoms with Crippen LogP contribution in [0.15, 0.2) is 47.4 Å². The van der Waals surface area contributed by atoms with Gasteiger partial charge < -0.3 is 4.74 Å². The molecule has 2 aromatic rings. The second-order valence-electron chi connectivity index (χ2n) is 5.34. The third kappa shape index (κ3) is 4.63. The highest BCUT2D eigenvalue weighted by molar-refractivity contribution is 7.92. The highest BCUT2D eigenvalue weighted by atomic mass is 32.2. The molecular weight excluding hydrogens is 349 g/mol. The molecule has 6 nitrogen and oxygen atoms in total. The Hall–Kier alpha value is -2.74. The van der Waals surface area contributed by atoms with Crippen molar-refractivity contribution in [2.75, 3.05) is 11.3 Å². The van der Waals surface area contributed by atoms with E-state index in [4.69, 9.17) is 4.74 Å². The Morgan fingerprint density at radius 2 is 1.84 bits per heavy atom. The molecule has 0 saturated heterocycles. The molecule has 1 N–H and O–H groups in total. The zero-order valence-corrected chi connectivity index (χ0v) is 14.4. The van der Waals surface area contributed by atoms with Crippen LogP contribution in [0.2, 0.25) is 0 Å². The molecule has 0 spiro atoms. The maximum Gasteiger partial charge on any atom is 0.340 e. The molecule has 2 aromatic carbocycles. The molecule has 0 aliphatic carbocycles. The summed E-state index contributed by atoms with van der Waals surface area (Å²) >= 11 is 0. The second kappa shape index (κ2) is 7.43. The third-order valence-corrected chi connectivity index (χ3v) is 4.75. The summed E-state index contributed by atoms with van der Waals surface area (Å²) in [6, 6.07) is 9.11. The van der Waals surface area contributed by atoms with Gasteiger partial charge >= 0.3 is 5.97 Å². The first kappa shape index (κ1) is 18.6. The van der Waals surface area contributed by atoms with Gasteiger partial charge in [-0.1, -0.05) is 12.1 Å². The molecule has 0 amide bonds. The molecule has 2 rings (SSSR count). The van der Waals surface area contributed by atoms with Crippen molar-refractivity contribution in [3.63, 3.8) is 0 Å². The number of esters is 1. The Morgan fingerprint density at radius 1 is 1.16 bits per heavy atom. The summed E-state index contributed by atoms with van der Waals surface area (Å²) in [4.78, 5) is 22.9. The van der Waals surface area contributed by atoms with Gasteiger partial charge in [-0.3, -0.25) is 9.52 Å². The lowest BCUT2D eigenvalue weighted by Crippen LogP contribution is -2.18. The van der Waals surface area contributed by atoms with Crippen LogP contribution in [-0.2, 0) is 19.6 Å². The average Bonchev–Trinajstić information content (AvgIpc) is 2.52. The lowest BCUT2D eigenvalue weighted by Gasteiger charge is -2.13. The predicted molar refractivity (Wildman–Crippen MR) is 89.4 cm³/mol. The number of aryl methyl sites for hydroxylation is 1. The lowest BCUT2D eigenvalue weighted by molar-refractivity contribution is -0.120. The first-order valence-corrected chi connectivity index (χ1v) is 8.73. The summed E-state index contributed by atoms with van der Waals surface area (Å²) in [5.41, 5.74) is 0.191. The SMILES string of the molecule is CC(=O)COC(=O)c1ccccc1NS(=O)(=O)c1ccc(F)cc1C. The number of sulfonamides is 1. The fraction of sp³-hybridized carbons (Fsp3) is 0.176. The van der Waals surface area contributed by atoms with Crippen molar-refractivity contribution in [3.8, 4) is 0 Å². The van der Waals surface area contributed by atoms with E-state index in [1.54, 1.807) is 0 Å². The molecule has 0 aliphatic heterocycles. The van der Waals surface area contributed by atoms with Crippen molar-refractivity contribution in [1.82, 2.24) is 0 Å². The topological polar surface area (TPSA) is 89.5 Å². The van der Waals surface area contributed by atoms with E-state index in [0.717, 1.165) is 18.2 Å². The number of Topliss-reactive ketones (excluding diaryl/α,β-unsaturated/α-hetero) is 1. The van der Waals surface area contributed by atoms with Crippen LogP contribution in [-0.4, -0.2) is 26.8 Å². The Kier molecular flexibility index (Phi) is 5.53. The second-order valence-corrected chi connectivity index (χ2v) is 6.99. The van der Waals surface area contributed by atoms with Crippen LogP contribution in [0.1, 0.15) is 22.8 Å². The van der Waals surface area contributed by atoms with Crippen LogP contribution in [0, 0.1) is 12.7 Å². The number of para-hydroxylation sites is 1. The van der Waals surface area contributed by atoms with E-state index in [0.29, 0.717) is 0 Å². The highest BCUT2D eigenvalue weighted by Crippen LogP contribution is 2.23. The van der Waals surface area contributed by atoms with Gasteiger partial charge in [-0.2, -0.15) is 0 Å². The van der Waals surface area contributed by atoms with Crippen LogP contribution in [0.25, 0.3) is 0 Å². The van der Waals surface area contributed by atoms with Gasteiger partial charge in [0.15, 0.2) is 5.78 Å². The fourth-order valence-corrected chi connectivity index (χ4v) is 3.42. The number of hydrogen-bond donors (Lipinski definition) is 1. The van der Waals surface area contributed by atoms with Gasteiger partial charge in [-0.05, 0) is 49.7 Å². The first-order chi connectivity index (χ1) is 11.7. The molecule has 0 unspecified atom stereocenters. The molecule has 0 fully saturated rings. The predicted octanol–water partition coefficient (Wildman–Crippen LogP) is 2.68. The van der Waals surface area contributed by atoms with Crippen molar-refractivity contribution in [2.45, 2.75) is 18.7 Å². The number of hydrogen-bond acceptors (Lipinski definition) is 5. The maximum atomic E-state index is 13.2. The summed E-state index contributed by atoms with van der Waals surface area (Å²) in [7, 11) is -4.04. The number of carbonyl (C=O) groups excluding carboxylic acids is 2. The van der Waals surface area contributed by atoms with Crippen LogP contribution in [0.3, 0.4) is 0 Å². The van der Waals surface area contributed by atoms with Gasteiger partial charge in [-0.25, -0.2) is 17.6 Å². The minimum absolute atomic E-state index is 0.000206. The maximum absolute atomic E-state index is 13.2. The van der Waals surface area contributed by atoms with E-state index >= 15 is 0 Å². The molecule has 0 saturated carbocycles. The van der Waals surface area contributed by atoms with Crippen molar-refractivity contribution < 1.29 is 27.1 Å². The van der Waals surface area contributed by atoms with Gasteiger partial charge in [-0.15, -0.1) is 0 Å². The van der Waals surface area contributed by atoms with E-state index in [9.17, 15) is 22.4 Å². The third-order valence-electron chi connectivity index (χ3n) is 3.22. The van der Waals surface area contributed by atoms with Crippen LogP contribution >= 0.6 is 0 Å². The summed E-state index contributed by atoms with van der Waals surface area (Å²) in [5, 5.41) is 0. The van der Waals surface area contributed by atoms with E-state index in [-0.39, 0.29) is 27.5 Å². The quantitative estimate of drug-likeness (QED) is 0.795. The van der Waals surface area contributed by atoms with E-state index < -0.39 is 28.4 Å². The van der Waals surface area contributed by atoms with E-state index in [1.165, 1.54) is 38.1 Å². The van der Waals surface area contributed by atoms with E-state index in [2.05, 4.69) is 4.72 Å². The summed E-state index contributed by atoms with van der Waals surface area (Å²) in [6.45, 7) is 2.32. The van der Waals surface area contributed by atoms with Crippen LogP contribution in [0.5, 0.6) is 0 Å². The number of rotatable bonds is 6. The molecule has 0 bridgehead atoms. The highest BCUT2D eigenvalue weighted by Gasteiger charge is 2.21. The molecule has 0 radical (unpaired) electrons. The summed E-state index contributed by atoms with van der Waals surface area (Å²) < 4.78 is 45.4. The monoisotopic (exact) mass is 365 g/mol. The number of carbonyl (C=O) groups is 2. The molecule has 0 atom stereocenters. The lowest BCUT2D eigenvalue weighted by atomic mass is 10.2. The van der Waals surface area contributed by atoms with E-state index in [1.807, 2.05) is 0 Å². The Balaban J connectivity index is 2.33. The van der Waals surface area contributed by atoms with Crippen LogP contribution in [0.4, 0.5) is 10.1 Å². The number of benzene rings is 2. The van der Waals surface area contributed by atoms with Crippen molar-refractivity contribution >= 4 is 27.5 Å². The molecule has 132 valence electrons. The first-order valence-electron chi connectivity index (χ1n) is 7.25. The molecule has 8 heteroatoms. The van der Waals surface area contributed by atoms with Crippen molar-refractivity contribution in [1.29, 1.82) is 0 Å². The number of halogens is 1. The molecule has 0 aliphatic rings. The number of nitrogens with one attached hydrogen (secondary N) is 1. The number of ketones is 1. The van der Waals surface area contributed by atoms with Crippen molar-refractivity contribution in [3.05, 3.63) is 59.4 Å². The summed E-state index contributed by atoms with van der Waals surface area (Å²) in [6.07, 6.45) is 0. The number of anilines is 1. The fourth-order valence-electron chi connectivity index (χ4n) is 2.11. The zero-order valence-electron chi connectivity index (χ0n) is 13.6. The van der Waals surface area contributed by atoms with Gasteiger partial charge in [0.2, 0.25) is 0 Å².